The van der Waals surface area contributed by atoms with Crippen molar-refractivity contribution in [2.75, 3.05) is 6.61 Å². The molecule has 0 aromatic carbocycles. The van der Waals surface area contributed by atoms with Gasteiger partial charge in [-0.25, -0.2) is 4.39 Å². The molecular weight excluding hydrogens is 535 g/mol. The predicted octanol–water partition coefficient (Wildman–Crippen LogP) is 3.75. The number of aliphatic hydroxyl groups is 1. The Labute approximate surface area is 239 Å². The van der Waals surface area contributed by atoms with Crippen molar-refractivity contribution < 1.29 is 47.7 Å². The third kappa shape index (κ3) is 4.22. The summed E-state index contributed by atoms with van der Waals surface area (Å²) in [5.74, 6) is -5.22. The first-order chi connectivity index (χ1) is 19.2. The number of esters is 3. The van der Waals surface area contributed by atoms with Crippen molar-refractivity contribution >= 4 is 29.5 Å². The molecule has 4 aliphatic rings. The van der Waals surface area contributed by atoms with Crippen LogP contribution >= 0.6 is 0 Å². The minimum atomic E-state index is -2.38. The number of fused-ring (bicyclic) bond motifs is 5. The van der Waals surface area contributed by atoms with Crippen LogP contribution in [0.3, 0.4) is 0 Å². The summed E-state index contributed by atoms with van der Waals surface area (Å²) in [6, 6.07) is 0. The smallest absolute Gasteiger partial charge is 0.306 e. The maximum Gasteiger partial charge on any atom is 0.306 e. The molecule has 41 heavy (non-hydrogen) atoms. The van der Waals surface area contributed by atoms with Crippen LogP contribution in [0.2, 0.25) is 0 Å². The Balaban J connectivity index is 1.95. The number of halogens is 1. The van der Waals surface area contributed by atoms with Crippen molar-refractivity contribution in [3.8, 4) is 0 Å². The first kappa shape index (κ1) is 31.1. The summed E-state index contributed by atoms with van der Waals surface area (Å²) in [6.07, 6.45) is 1.39. The Bertz CT molecular complexity index is 1210. The van der Waals surface area contributed by atoms with Crippen LogP contribution in [0.25, 0.3) is 0 Å². The lowest BCUT2D eigenvalue weighted by molar-refractivity contribution is -0.277. The van der Waals surface area contributed by atoms with Crippen molar-refractivity contribution in [2.45, 2.75) is 104 Å². The summed E-state index contributed by atoms with van der Waals surface area (Å²) in [5.41, 5.74) is -6.75. The maximum absolute atomic E-state index is 18.0. The summed E-state index contributed by atoms with van der Waals surface area (Å²) in [6.45, 7) is 8.98. The van der Waals surface area contributed by atoms with E-state index >= 15 is 4.39 Å². The monoisotopic (exact) mass is 576 g/mol. The highest BCUT2D eigenvalue weighted by atomic mass is 19.1. The van der Waals surface area contributed by atoms with E-state index in [4.69, 9.17) is 14.2 Å². The van der Waals surface area contributed by atoms with E-state index in [1.807, 2.05) is 0 Å². The molecule has 0 aromatic rings. The number of hydrogen-bond donors (Lipinski definition) is 1. The van der Waals surface area contributed by atoms with Gasteiger partial charge in [-0.1, -0.05) is 46.3 Å². The van der Waals surface area contributed by atoms with Crippen LogP contribution in [0, 0.1) is 28.6 Å². The lowest BCUT2D eigenvalue weighted by atomic mass is 9.43. The number of hydrogen-bond acceptors (Lipinski definition) is 9. The largest absolute Gasteiger partial charge is 0.459 e. The Morgan fingerprint density at radius 2 is 1.66 bits per heavy atom. The van der Waals surface area contributed by atoms with Gasteiger partial charge in [-0.05, 0) is 44.3 Å². The molecule has 3 fully saturated rings. The molecule has 0 heterocycles. The van der Waals surface area contributed by atoms with E-state index < -0.39 is 82.4 Å². The fourth-order valence-electron chi connectivity index (χ4n) is 8.37. The van der Waals surface area contributed by atoms with Crippen LogP contribution in [-0.2, 0) is 38.2 Å². The lowest BCUT2D eigenvalue weighted by Gasteiger charge is -2.64. The van der Waals surface area contributed by atoms with Gasteiger partial charge in [-0.3, -0.25) is 24.0 Å². The molecule has 1 N–H and O–H groups in total. The van der Waals surface area contributed by atoms with Crippen molar-refractivity contribution in [1.82, 2.24) is 0 Å². The molecule has 0 aliphatic heterocycles. The van der Waals surface area contributed by atoms with Crippen LogP contribution in [0.15, 0.2) is 23.8 Å². The average Bonchev–Trinajstić information content (AvgIpc) is 3.17. The van der Waals surface area contributed by atoms with Crippen LogP contribution in [0.5, 0.6) is 0 Å². The molecule has 226 valence electrons. The van der Waals surface area contributed by atoms with Crippen molar-refractivity contribution in [3.63, 3.8) is 0 Å². The molecule has 3 saturated carbocycles. The van der Waals surface area contributed by atoms with Crippen molar-refractivity contribution in [1.29, 1.82) is 0 Å². The van der Waals surface area contributed by atoms with Crippen molar-refractivity contribution in [2.24, 2.45) is 28.6 Å². The second kappa shape index (κ2) is 10.7. The number of ether oxygens (including phenoxy) is 3. The average molecular weight is 577 g/mol. The highest BCUT2D eigenvalue weighted by molar-refractivity contribution is 6.01. The van der Waals surface area contributed by atoms with E-state index in [9.17, 15) is 29.1 Å². The molecule has 4 rings (SSSR count). The number of Topliss-reactive ketones (excluding diaryl/α,β-unsaturated/α-hetero) is 1. The Kier molecular flexibility index (Phi) is 8.14. The molecule has 4 aliphatic carbocycles. The second-order valence-electron chi connectivity index (χ2n) is 12.3. The predicted molar refractivity (Wildman–Crippen MR) is 144 cm³/mol. The lowest BCUT2D eigenvalue weighted by Crippen LogP contribution is -2.76. The highest BCUT2D eigenvalue weighted by Gasteiger charge is 2.81. The molecule has 0 bridgehead atoms. The number of carbonyl (C=O) groups is 5. The Hall–Kier alpha value is -2.88. The summed E-state index contributed by atoms with van der Waals surface area (Å²) < 4.78 is 35.1. The zero-order chi connectivity index (χ0) is 30.5. The molecule has 0 saturated heterocycles. The number of aliphatic hydroxyl groups excluding tert-OH is 1. The molecule has 9 atom stereocenters. The molecule has 9 nitrogen and oxygen atoms in total. The van der Waals surface area contributed by atoms with Gasteiger partial charge >= 0.3 is 17.9 Å². The summed E-state index contributed by atoms with van der Waals surface area (Å²) >= 11 is 0. The first-order valence-electron chi connectivity index (χ1n) is 14.6. The van der Waals surface area contributed by atoms with Gasteiger partial charge in [0.05, 0.1) is 5.41 Å². The van der Waals surface area contributed by atoms with E-state index in [0.717, 1.165) is 0 Å². The quantitative estimate of drug-likeness (QED) is 0.339. The van der Waals surface area contributed by atoms with Gasteiger partial charge in [0.25, 0.3) is 0 Å². The standard InChI is InChI=1S/C31H41FO9/c1-7-23(35)39-16-22(34)31(41-25(37)9-3)17(4)14-21-20-11-10-18-15-19(33)12-13-28(18,5)30(20,32)26(38)27(29(21,31)6)40-24(36)8-2/h12-13,15,17,20-21,26-27,38H,7-11,14,16H2,1-6H3/t17-,20-,21-,26-,27+,28-,29+,30-,31-/m0/s1. The third-order valence-corrected chi connectivity index (χ3v) is 10.5. The molecule has 0 spiro atoms. The van der Waals surface area contributed by atoms with E-state index in [-0.39, 0.29) is 37.9 Å². The van der Waals surface area contributed by atoms with E-state index in [1.165, 1.54) is 18.2 Å². The molecule has 0 amide bonds. The molecule has 0 aromatic heterocycles. The van der Waals surface area contributed by atoms with E-state index in [1.54, 1.807) is 41.5 Å². The zero-order valence-electron chi connectivity index (χ0n) is 24.7. The minimum absolute atomic E-state index is 0.0246. The second-order valence-corrected chi connectivity index (χ2v) is 12.3. The number of alkyl halides is 1. The van der Waals surface area contributed by atoms with Gasteiger partial charge in [0.1, 0.15) is 12.2 Å². The molecule has 10 heteroatoms. The summed E-state index contributed by atoms with van der Waals surface area (Å²) in [4.78, 5) is 64.1. The fraction of sp³-hybridized carbons (Fsp3) is 0.710. The van der Waals surface area contributed by atoms with E-state index in [0.29, 0.717) is 12.0 Å². The molecule has 0 radical (unpaired) electrons. The van der Waals surface area contributed by atoms with Gasteiger partial charge < -0.3 is 19.3 Å². The van der Waals surface area contributed by atoms with Crippen LogP contribution in [0.4, 0.5) is 4.39 Å². The molecular formula is C31H41FO9. The van der Waals surface area contributed by atoms with Gasteiger partial charge in [0.2, 0.25) is 5.78 Å². The number of rotatable bonds is 8. The maximum atomic E-state index is 18.0. The fourth-order valence-corrected chi connectivity index (χ4v) is 8.37. The van der Waals surface area contributed by atoms with Crippen LogP contribution in [0.1, 0.15) is 80.1 Å². The SMILES string of the molecule is CCC(=O)OCC(=O)[C@@]1(OC(=O)CC)[C@@H](C)C[C@H]2[C@@H]3CCC4=CC(=O)C=C[C@]4(C)[C@@]3(F)[C@@H](O)[C@@H](OC(=O)CC)[C@@]21C. The number of ketones is 2. The van der Waals surface area contributed by atoms with Gasteiger partial charge in [0, 0.05) is 36.5 Å². The summed E-state index contributed by atoms with van der Waals surface area (Å²) in [7, 11) is 0. The van der Waals surface area contributed by atoms with E-state index in [2.05, 4.69) is 0 Å². The highest BCUT2D eigenvalue weighted by Crippen LogP contribution is 2.72. The van der Waals surface area contributed by atoms with Gasteiger partial charge in [0.15, 0.2) is 23.7 Å². The van der Waals surface area contributed by atoms with Crippen LogP contribution in [-0.4, -0.2) is 64.7 Å². The first-order valence-corrected chi connectivity index (χ1v) is 14.6. The van der Waals surface area contributed by atoms with Crippen molar-refractivity contribution in [3.05, 3.63) is 23.8 Å². The zero-order valence-corrected chi connectivity index (χ0v) is 24.7. The number of allylic oxidation sites excluding steroid dienone is 4. The Morgan fingerprint density at radius 1 is 1.02 bits per heavy atom. The minimum Gasteiger partial charge on any atom is -0.459 e. The topological polar surface area (TPSA) is 133 Å². The normalized spacial score (nSPS) is 40.9. The third-order valence-electron chi connectivity index (χ3n) is 10.5. The van der Waals surface area contributed by atoms with Crippen LogP contribution < -0.4 is 0 Å². The number of carbonyl (C=O) groups excluding carboxylic acids is 5. The van der Waals surface area contributed by atoms with Gasteiger partial charge in [-0.2, -0.15) is 0 Å². The van der Waals surface area contributed by atoms with Gasteiger partial charge in [-0.15, -0.1) is 0 Å². The summed E-state index contributed by atoms with van der Waals surface area (Å²) in [5, 5.41) is 12.1. The molecule has 0 unspecified atom stereocenters. The Morgan fingerprint density at radius 3 is 2.27 bits per heavy atom.